The fourth-order valence-corrected chi connectivity index (χ4v) is 5.06. The largest absolute Gasteiger partial charge is 0.337 e. The van der Waals surface area contributed by atoms with E-state index in [2.05, 4.69) is 10.2 Å². The molecule has 0 spiro atoms. The Kier molecular flexibility index (Phi) is 4.17. The van der Waals surface area contributed by atoms with Gasteiger partial charge in [0.05, 0.1) is 10.9 Å². The first kappa shape index (κ1) is 16.4. The van der Waals surface area contributed by atoms with Gasteiger partial charge in [-0.25, -0.2) is 8.42 Å². The Bertz CT molecular complexity index is 860. The number of halogens is 1. The molecule has 0 aliphatic carbocycles. The second kappa shape index (κ2) is 5.86. The summed E-state index contributed by atoms with van der Waals surface area (Å²) in [4.78, 5) is 13.6. The van der Waals surface area contributed by atoms with E-state index < -0.39 is 10.0 Å². The zero-order chi connectivity index (χ0) is 16.8. The number of likely N-dealkylation sites (N-methyl/N-ethyl adjacent to an activating group) is 1. The number of amides is 1. The predicted octanol–water partition coefficient (Wildman–Crippen LogP) is 0.899. The van der Waals surface area contributed by atoms with Gasteiger partial charge < -0.3 is 9.47 Å². The lowest BCUT2D eigenvalue weighted by atomic mass is 10.3. The first-order chi connectivity index (χ1) is 10.8. The van der Waals surface area contributed by atoms with Crippen LogP contribution in [0.4, 0.5) is 0 Å². The van der Waals surface area contributed by atoms with Crippen molar-refractivity contribution in [3.63, 3.8) is 0 Å². The molecule has 11 heteroatoms. The fourth-order valence-electron chi connectivity index (χ4n) is 2.24. The molecule has 1 amide bonds. The number of thiophene rings is 1. The normalized spacial score (nSPS) is 15.3. The SMILES string of the molecule is CN1CCn2c(CN(C)S(=O)(=O)c3ccc(Cl)s3)nnc2C1=O. The van der Waals surface area contributed by atoms with Crippen molar-refractivity contribution in [1.82, 2.24) is 24.0 Å². The van der Waals surface area contributed by atoms with Crippen LogP contribution in [0.15, 0.2) is 16.3 Å². The molecular weight excluding hydrogens is 362 g/mol. The average molecular weight is 376 g/mol. The van der Waals surface area contributed by atoms with Crippen molar-refractivity contribution in [1.29, 1.82) is 0 Å². The molecule has 2 aromatic heterocycles. The molecule has 1 aliphatic rings. The van der Waals surface area contributed by atoms with E-state index in [1.165, 1.54) is 17.4 Å². The summed E-state index contributed by atoms with van der Waals surface area (Å²) in [7, 11) is -0.503. The smallest absolute Gasteiger partial charge is 0.291 e. The summed E-state index contributed by atoms with van der Waals surface area (Å²) in [6.07, 6.45) is 0. The van der Waals surface area contributed by atoms with Crippen molar-refractivity contribution in [3.8, 4) is 0 Å². The molecule has 0 saturated carbocycles. The minimum absolute atomic E-state index is 0.0296. The molecule has 3 rings (SSSR count). The zero-order valence-electron chi connectivity index (χ0n) is 12.4. The summed E-state index contributed by atoms with van der Waals surface area (Å²) in [5, 5.41) is 7.85. The predicted molar refractivity (Wildman–Crippen MR) is 85.0 cm³/mol. The van der Waals surface area contributed by atoms with E-state index in [0.717, 1.165) is 11.3 Å². The average Bonchev–Trinajstić information content (AvgIpc) is 3.10. The molecular formula is C12H14ClN5O3S2. The van der Waals surface area contributed by atoms with Gasteiger partial charge in [0.15, 0.2) is 0 Å². The maximum Gasteiger partial charge on any atom is 0.291 e. The fraction of sp³-hybridized carbons (Fsp3) is 0.417. The lowest BCUT2D eigenvalue weighted by Gasteiger charge is -2.24. The number of sulfonamides is 1. The number of fused-ring (bicyclic) bond motifs is 1. The van der Waals surface area contributed by atoms with Crippen LogP contribution < -0.4 is 0 Å². The molecule has 2 aromatic rings. The lowest BCUT2D eigenvalue weighted by molar-refractivity contribution is 0.0740. The lowest BCUT2D eigenvalue weighted by Crippen LogP contribution is -2.38. The Morgan fingerprint density at radius 2 is 2.09 bits per heavy atom. The van der Waals surface area contributed by atoms with Gasteiger partial charge in [0.1, 0.15) is 10.0 Å². The molecule has 3 heterocycles. The molecule has 0 unspecified atom stereocenters. The highest BCUT2D eigenvalue weighted by atomic mass is 35.5. The number of carbonyl (C=O) groups is 1. The molecule has 0 N–H and O–H groups in total. The van der Waals surface area contributed by atoms with Gasteiger partial charge in [-0.15, -0.1) is 21.5 Å². The van der Waals surface area contributed by atoms with Crippen LogP contribution in [-0.2, 0) is 23.1 Å². The Morgan fingerprint density at radius 3 is 2.74 bits per heavy atom. The highest BCUT2D eigenvalue weighted by Gasteiger charge is 2.29. The van der Waals surface area contributed by atoms with Gasteiger partial charge in [-0.3, -0.25) is 4.79 Å². The number of rotatable bonds is 4. The van der Waals surface area contributed by atoms with Crippen LogP contribution >= 0.6 is 22.9 Å². The Morgan fingerprint density at radius 1 is 1.35 bits per heavy atom. The van der Waals surface area contributed by atoms with E-state index in [0.29, 0.717) is 23.3 Å². The van der Waals surface area contributed by atoms with Crippen LogP contribution in [0.1, 0.15) is 16.4 Å². The molecule has 0 aromatic carbocycles. The first-order valence-electron chi connectivity index (χ1n) is 6.70. The summed E-state index contributed by atoms with van der Waals surface area (Å²) < 4.78 is 28.4. The van der Waals surface area contributed by atoms with Gasteiger partial charge in [0.2, 0.25) is 5.82 Å². The maximum absolute atomic E-state index is 12.5. The molecule has 23 heavy (non-hydrogen) atoms. The zero-order valence-corrected chi connectivity index (χ0v) is 14.8. The monoisotopic (exact) mass is 375 g/mol. The van der Waals surface area contributed by atoms with Crippen LogP contribution in [-0.4, -0.2) is 58.9 Å². The minimum Gasteiger partial charge on any atom is -0.337 e. The number of hydrogen-bond acceptors (Lipinski definition) is 6. The molecule has 0 radical (unpaired) electrons. The number of aromatic nitrogens is 3. The molecule has 124 valence electrons. The Labute approximate surface area is 142 Å². The van der Waals surface area contributed by atoms with E-state index in [1.807, 2.05) is 0 Å². The number of nitrogens with zero attached hydrogens (tertiary/aromatic N) is 5. The van der Waals surface area contributed by atoms with Crippen LogP contribution in [0.2, 0.25) is 4.34 Å². The molecule has 0 fully saturated rings. The minimum atomic E-state index is -3.65. The van der Waals surface area contributed by atoms with Gasteiger partial charge >= 0.3 is 0 Å². The second-order valence-corrected chi connectivity index (χ2v) is 9.12. The van der Waals surface area contributed by atoms with E-state index in [-0.39, 0.29) is 22.5 Å². The van der Waals surface area contributed by atoms with Crippen molar-refractivity contribution in [3.05, 3.63) is 28.1 Å². The Hall–Kier alpha value is -1.49. The van der Waals surface area contributed by atoms with Crippen LogP contribution in [0.3, 0.4) is 0 Å². The summed E-state index contributed by atoms with van der Waals surface area (Å²) in [6.45, 7) is 1.11. The molecule has 0 saturated heterocycles. The van der Waals surface area contributed by atoms with Gasteiger partial charge in [0, 0.05) is 27.2 Å². The van der Waals surface area contributed by atoms with Crippen molar-refractivity contribution >= 4 is 38.9 Å². The van der Waals surface area contributed by atoms with Crippen LogP contribution in [0.5, 0.6) is 0 Å². The van der Waals surface area contributed by atoms with Crippen molar-refractivity contribution < 1.29 is 13.2 Å². The van der Waals surface area contributed by atoms with Crippen LogP contribution in [0, 0.1) is 0 Å². The quantitative estimate of drug-likeness (QED) is 0.792. The third-order valence-electron chi connectivity index (χ3n) is 3.60. The number of carbonyl (C=O) groups excluding carboxylic acids is 1. The third kappa shape index (κ3) is 2.87. The van der Waals surface area contributed by atoms with Crippen molar-refractivity contribution in [2.45, 2.75) is 17.3 Å². The van der Waals surface area contributed by atoms with Gasteiger partial charge in [0.25, 0.3) is 15.9 Å². The van der Waals surface area contributed by atoms with Gasteiger partial charge in [-0.1, -0.05) is 11.6 Å². The molecule has 8 nitrogen and oxygen atoms in total. The summed E-state index contributed by atoms with van der Waals surface area (Å²) in [6, 6.07) is 3.01. The van der Waals surface area contributed by atoms with E-state index in [4.69, 9.17) is 11.6 Å². The molecule has 0 atom stereocenters. The van der Waals surface area contributed by atoms with Crippen molar-refractivity contribution in [2.24, 2.45) is 0 Å². The summed E-state index contributed by atoms with van der Waals surface area (Å²) >= 11 is 6.80. The number of hydrogen-bond donors (Lipinski definition) is 0. The van der Waals surface area contributed by atoms with Crippen LogP contribution in [0.25, 0.3) is 0 Å². The highest BCUT2D eigenvalue weighted by molar-refractivity contribution is 7.91. The standard InChI is InChI=1S/C12H14ClN5O3S2/c1-16-5-6-18-9(14-15-11(18)12(16)19)7-17(2)23(20,21)10-4-3-8(13)22-10/h3-4H,5-7H2,1-2H3. The topological polar surface area (TPSA) is 88.4 Å². The summed E-state index contributed by atoms with van der Waals surface area (Å²) in [5.74, 6) is 0.458. The maximum atomic E-state index is 12.5. The first-order valence-corrected chi connectivity index (χ1v) is 9.33. The van der Waals surface area contributed by atoms with E-state index in [1.54, 1.807) is 22.6 Å². The molecule has 0 bridgehead atoms. The van der Waals surface area contributed by atoms with Gasteiger partial charge in [-0.2, -0.15) is 4.31 Å². The highest BCUT2D eigenvalue weighted by Crippen LogP contribution is 2.28. The molecule has 1 aliphatic heterocycles. The van der Waals surface area contributed by atoms with E-state index >= 15 is 0 Å². The third-order valence-corrected chi connectivity index (χ3v) is 7.10. The van der Waals surface area contributed by atoms with Crippen molar-refractivity contribution in [2.75, 3.05) is 20.6 Å². The van der Waals surface area contributed by atoms with E-state index in [9.17, 15) is 13.2 Å². The Balaban J connectivity index is 1.86. The second-order valence-electron chi connectivity index (χ2n) is 5.14. The summed E-state index contributed by atoms with van der Waals surface area (Å²) in [5.41, 5.74) is 0. The van der Waals surface area contributed by atoms with Gasteiger partial charge in [-0.05, 0) is 12.1 Å².